The molecule has 2 rings (SSSR count). The van der Waals surface area contributed by atoms with E-state index in [1.165, 1.54) is 0 Å². The molecule has 106 valence electrons. The van der Waals surface area contributed by atoms with Gasteiger partial charge in [0.05, 0.1) is 18.2 Å². The molecule has 0 radical (unpaired) electrons. The van der Waals surface area contributed by atoms with Crippen LogP contribution in [0.15, 0.2) is 34.9 Å². The van der Waals surface area contributed by atoms with Crippen LogP contribution in [0.25, 0.3) is 0 Å². The highest BCUT2D eigenvalue weighted by molar-refractivity contribution is 5.80. The van der Waals surface area contributed by atoms with Crippen LogP contribution in [0.5, 0.6) is 0 Å². The van der Waals surface area contributed by atoms with Crippen LogP contribution in [-0.2, 0) is 16.8 Å². The van der Waals surface area contributed by atoms with Gasteiger partial charge in [0, 0.05) is 5.69 Å². The van der Waals surface area contributed by atoms with Gasteiger partial charge < -0.3 is 14.8 Å². The molecule has 0 aliphatic carbocycles. The van der Waals surface area contributed by atoms with E-state index in [-0.39, 0.29) is 0 Å². The summed E-state index contributed by atoms with van der Waals surface area (Å²) < 4.78 is 5.36. The number of aryl methyl sites for hydroxylation is 1. The fraction of sp³-hybridized carbons (Fsp3) is 0.333. The van der Waals surface area contributed by atoms with Gasteiger partial charge >= 0.3 is 5.97 Å². The molecule has 20 heavy (non-hydrogen) atoms. The number of aromatic nitrogens is 1. The van der Waals surface area contributed by atoms with Crippen LogP contribution in [0, 0.1) is 6.92 Å². The van der Waals surface area contributed by atoms with E-state index in [0.717, 1.165) is 17.0 Å². The lowest BCUT2D eigenvalue weighted by molar-refractivity contribution is -0.142. The second-order valence-corrected chi connectivity index (χ2v) is 5.23. The molecule has 0 aliphatic rings. The van der Waals surface area contributed by atoms with Gasteiger partial charge in [0.15, 0.2) is 0 Å². The van der Waals surface area contributed by atoms with E-state index in [0.29, 0.717) is 12.4 Å². The number of rotatable bonds is 5. The number of nitrogens with one attached hydrogen (secondary N) is 1. The summed E-state index contributed by atoms with van der Waals surface area (Å²) in [6.07, 6.45) is 1.68. The third kappa shape index (κ3) is 2.99. The number of anilines is 1. The summed E-state index contributed by atoms with van der Waals surface area (Å²) in [5.41, 5.74) is 0.770. The van der Waals surface area contributed by atoms with E-state index in [9.17, 15) is 9.90 Å². The zero-order valence-corrected chi connectivity index (χ0v) is 11.8. The molecule has 2 aromatic rings. The van der Waals surface area contributed by atoms with Crippen molar-refractivity contribution in [2.75, 3.05) is 5.32 Å². The summed E-state index contributed by atoms with van der Waals surface area (Å²) in [7, 11) is 0. The van der Waals surface area contributed by atoms with Crippen molar-refractivity contribution >= 4 is 11.7 Å². The number of carboxylic acid groups (broad SMARTS) is 1. The lowest BCUT2D eigenvalue weighted by atomic mass is 9.85. The summed E-state index contributed by atoms with van der Waals surface area (Å²) in [5, 5.41) is 12.4. The lowest BCUT2D eigenvalue weighted by Crippen LogP contribution is -2.28. The van der Waals surface area contributed by atoms with Crippen LogP contribution >= 0.6 is 0 Å². The van der Waals surface area contributed by atoms with Gasteiger partial charge in [0.2, 0.25) is 5.89 Å². The molecule has 5 nitrogen and oxygen atoms in total. The van der Waals surface area contributed by atoms with E-state index in [1.54, 1.807) is 20.0 Å². The smallest absolute Gasteiger partial charge is 0.313 e. The highest BCUT2D eigenvalue weighted by Crippen LogP contribution is 2.24. The molecule has 1 aromatic heterocycles. The molecule has 0 atom stereocenters. The molecule has 0 saturated carbocycles. The molecular weight excluding hydrogens is 256 g/mol. The van der Waals surface area contributed by atoms with Crippen molar-refractivity contribution in [3.63, 3.8) is 0 Å². The second kappa shape index (κ2) is 5.36. The Morgan fingerprint density at radius 3 is 2.50 bits per heavy atom. The summed E-state index contributed by atoms with van der Waals surface area (Å²) in [6, 6.07) is 7.35. The Hall–Kier alpha value is -2.30. The number of hydrogen-bond donors (Lipinski definition) is 2. The number of hydrogen-bond acceptors (Lipinski definition) is 4. The molecule has 0 spiro atoms. The minimum Gasteiger partial charge on any atom is -0.481 e. The van der Waals surface area contributed by atoms with E-state index in [4.69, 9.17) is 4.42 Å². The first-order valence-corrected chi connectivity index (χ1v) is 6.38. The van der Waals surface area contributed by atoms with Crippen LogP contribution < -0.4 is 5.32 Å². The predicted molar refractivity (Wildman–Crippen MR) is 75.7 cm³/mol. The molecule has 0 amide bonds. The first kappa shape index (κ1) is 14.1. The molecule has 0 bridgehead atoms. The number of nitrogens with zero attached hydrogens (tertiary/aromatic N) is 1. The van der Waals surface area contributed by atoms with Crippen LogP contribution in [0.1, 0.15) is 31.1 Å². The summed E-state index contributed by atoms with van der Waals surface area (Å²) in [6.45, 7) is 5.72. The number of oxazole rings is 1. The van der Waals surface area contributed by atoms with Gasteiger partial charge in [-0.1, -0.05) is 12.1 Å². The first-order chi connectivity index (χ1) is 9.39. The van der Waals surface area contributed by atoms with E-state index in [1.807, 2.05) is 31.2 Å². The van der Waals surface area contributed by atoms with E-state index >= 15 is 0 Å². The number of carboxylic acids is 1. The summed E-state index contributed by atoms with van der Waals surface area (Å²) in [4.78, 5) is 15.3. The van der Waals surface area contributed by atoms with E-state index < -0.39 is 11.4 Å². The molecule has 1 heterocycles. The quantitative estimate of drug-likeness (QED) is 0.876. The Morgan fingerprint density at radius 2 is 2.00 bits per heavy atom. The number of benzene rings is 1. The molecule has 0 unspecified atom stereocenters. The van der Waals surface area contributed by atoms with Crippen molar-refractivity contribution in [1.82, 2.24) is 4.98 Å². The molecule has 2 N–H and O–H groups in total. The number of carbonyl (C=O) groups is 1. The average molecular weight is 274 g/mol. The van der Waals surface area contributed by atoms with Crippen LogP contribution in [-0.4, -0.2) is 16.1 Å². The van der Waals surface area contributed by atoms with Crippen LogP contribution in [0.4, 0.5) is 5.69 Å². The molecule has 0 aliphatic heterocycles. The topological polar surface area (TPSA) is 75.4 Å². The Morgan fingerprint density at radius 1 is 1.35 bits per heavy atom. The summed E-state index contributed by atoms with van der Waals surface area (Å²) >= 11 is 0. The maximum absolute atomic E-state index is 11.2. The predicted octanol–water partition coefficient (Wildman–Crippen LogP) is 2.96. The minimum atomic E-state index is -0.891. The molecule has 0 fully saturated rings. The van der Waals surface area contributed by atoms with Gasteiger partial charge in [-0.25, -0.2) is 4.98 Å². The van der Waals surface area contributed by atoms with Crippen LogP contribution in [0.2, 0.25) is 0 Å². The maximum atomic E-state index is 11.2. The van der Waals surface area contributed by atoms with Crippen molar-refractivity contribution in [3.05, 3.63) is 47.7 Å². The van der Waals surface area contributed by atoms with Crippen molar-refractivity contribution in [3.8, 4) is 0 Å². The molecular formula is C15H18N2O3. The van der Waals surface area contributed by atoms with Crippen molar-refractivity contribution in [1.29, 1.82) is 0 Å². The zero-order chi connectivity index (χ0) is 14.8. The summed E-state index contributed by atoms with van der Waals surface area (Å²) in [5.74, 6) is 0.561. The Kier molecular flexibility index (Phi) is 3.79. The largest absolute Gasteiger partial charge is 0.481 e. The standard InChI is InChI=1S/C15H18N2O3/c1-10-8-17-13(20-10)9-16-12-6-4-11(5-7-12)15(2,3)14(18)19/h4-8,16H,9H2,1-3H3,(H,18,19). The minimum absolute atomic E-state index is 0.496. The lowest BCUT2D eigenvalue weighted by Gasteiger charge is -2.19. The van der Waals surface area contributed by atoms with Crippen molar-refractivity contribution < 1.29 is 14.3 Å². The van der Waals surface area contributed by atoms with Gasteiger partial charge in [-0.3, -0.25) is 4.79 Å². The maximum Gasteiger partial charge on any atom is 0.313 e. The Bertz CT molecular complexity index is 600. The monoisotopic (exact) mass is 274 g/mol. The SMILES string of the molecule is Cc1cnc(CNc2ccc(C(C)(C)C(=O)O)cc2)o1. The zero-order valence-electron chi connectivity index (χ0n) is 11.8. The fourth-order valence-corrected chi connectivity index (χ4v) is 1.79. The van der Waals surface area contributed by atoms with Crippen molar-refractivity contribution in [2.24, 2.45) is 0 Å². The molecule has 1 aromatic carbocycles. The first-order valence-electron chi connectivity index (χ1n) is 6.38. The van der Waals surface area contributed by atoms with Gasteiger partial charge in [-0.15, -0.1) is 0 Å². The number of aliphatic carboxylic acids is 1. The van der Waals surface area contributed by atoms with E-state index in [2.05, 4.69) is 10.3 Å². The Labute approximate surface area is 117 Å². The van der Waals surface area contributed by atoms with Gasteiger partial charge in [-0.2, -0.15) is 0 Å². The third-order valence-corrected chi connectivity index (χ3v) is 3.25. The third-order valence-electron chi connectivity index (χ3n) is 3.25. The highest BCUT2D eigenvalue weighted by Gasteiger charge is 2.29. The Balaban J connectivity index is 2.03. The normalized spacial score (nSPS) is 11.3. The van der Waals surface area contributed by atoms with Gasteiger partial charge in [0.1, 0.15) is 5.76 Å². The fourth-order valence-electron chi connectivity index (χ4n) is 1.79. The molecule has 5 heteroatoms. The second-order valence-electron chi connectivity index (χ2n) is 5.23. The van der Waals surface area contributed by atoms with Gasteiger partial charge in [-0.05, 0) is 38.5 Å². The van der Waals surface area contributed by atoms with Crippen molar-refractivity contribution in [2.45, 2.75) is 32.7 Å². The van der Waals surface area contributed by atoms with Crippen LogP contribution in [0.3, 0.4) is 0 Å². The van der Waals surface area contributed by atoms with Gasteiger partial charge in [0.25, 0.3) is 0 Å². The highest BCUT2D eigenvalue weighted by atomic mass is 16.4. The molecule has 0 saturated heterocycles. The average Bonchev–Trinajstić information content (AvgIpc) is 2.82.